The van der Waals surface area contributed by atoms with E-state index in [4.69, 9.17) is 9.47 Å². The molecule has 0 radical (unpaired) electrons. The van der Waals surface area contributed by atoms with Crippen LogP contribution in [-0.4, -0.2) is 13.2 Å². The van der Waals surface area contributed by atoms with Crippen molar-refractivity contribution in [3.8, 4) is 11.5 Å². The molecule has 0 unspecified atom stereocenters. The molecule has 1 N–H and O–H groups in total. The van der Waals surface area contributed by atoms with Crippen molar-refractivity contribution in [2.24, 2.45) is 0 Å². The summed E-state index contributed by atoms with van der Waals surface area (Å²) in [5.41, 5.74) is 2.31. The molecule has 3 rings (SSSR count). The number of para-hydroxylation sites is 1. The van der Waals surface area contributed by atoms with Gasteiger partial charge >= 0.3 is 0 Å². The second-order valence-corrected chi connectivity index (χ2v) is 5.45. The van der Waals surface area contributed by atoms with Gasteiger partial charge in [0.2, 0.25) is 0 Å². The lowest BCUT2D eigenvalue weighted by atomic mass is 10.2. The molecule has 2 aromatic carbocycles. The second kappa shape index (κ2) is 6.74. The average molecular weight is 283 g/mol. The van der Waals surface area contributed by atoms with Crippen LogP contribution in [0, 0.1) is 0 Å². The van der Waals surface area contributed by atoms with Gasteiger partial charge in [0.05, 0.1) is 6.61 Å². The molecule has 3 heteroatoms. The number of rotatable bonds is 7. The van der Waals surface area contributed by atoms with Gasteiger partial charge in [-0.1, -0.05) is 30.3 Å². The van der Waals surface area contributed by atoms with Gasteiger partial charge in [0.1, 0.15) is 11.5 Å². The average Bonchev–Trinajstić information content (AvgIpc) is 3.31. The first-order valence-corrected chi connectivity index (χ1v) is 7.42. The first kappa shape index (κ1) is 14.1. The molecule has 0 atom stereocenters. The first-order valence-electron chi connectivity index (χ1n) is 7.42. The summed E-state index contributed by atoms with van der Waals surface area (Å²) in [4.78, 5) is 0. The van der Waals surface area contributed by atoms with Gasteiger partial charge in [-0.2, -0.15) is 0 Å². The molecule has 1 aliphatic rings. The van der Waals surface area contributed by atoms with Crippen LogP contribution < -0.4 is 10.1 Å². The number of ether oxygens (including phenoxy) is 2. The van der Waals surface area contributed by atoms with Crippen LogP contribution in [0.25, 0.3) is 0 Å². The molecule has 0 heterocycles. The maximum atomic E-state index is 6.05. The normalized spacial score (nSPS) is 14.1. The van der Waals surface area contributed by atoms with E-state index in [9.17, 15) is 0 Å². The Morgan fingerprint density at radius 2 is 1.95 bits per heavy atom. The predicted octanol–water partition coefficient (Wildman–Crippen LogP) is 3.88. The number of nitrogens with one attached hydrogen (secondary N) is 1. The summed E-state index contributed by atoms with van der Waals surface area (Å²) in [6.45, 7) is 1.46. The molecule has 0 amide bonds. The minimum absolute atomic E-state index is 0.599. The zero-order valence-electron chi connectivity index (χ0n) is 12.3. The minimum Gasteiger partial charge on any atom is -0.457 e. The second-order valence-electron chi connectivity index (χ2n) is 5.45. The van der Waals surface area contributed by atoms with E-state index < -0.39 is 0 Å². The van der Waals surface area contributed by atoms with Crippen LogP contribution in [0.3, 0.4) is 0 Å². The van der Waals surface area contributed by atoms with Crippen molar-refractivity contribution >= 4 is 0 Å². The van der Waals surface area contributed by atoms with Crippen LogP contribution in [0.4, 0.5) is 0 Å². The number of hydrogen-bond acceptors (Lipinski definition) is 3. The maximum Gasteiger partial charge on any atom is 0.131 e. The van der Waals surface area contributed by atoms with Crippen LogP contribution in [0.1, 0.15) is 24.0 Å². The lowest BCUT2D eigenvalue weighted by molar-refractivity contribution is 0.184. The molecule has 1 fully saturated rings. The van der Waals surface area contributed by atoms with Crippen molar-refractivity contribution in [3.63, 3.8) is 0 Å². The first-order chi connectivity index (χ1) is 10.3. The Labute approximate surface area is 125 Å². The Hall–Kier alpha value is -1.84. The summed E-state index contributed by atoms with van der Waals surface area (Å²) in [6.07, 6.45) is 2.59. The van der Waals surface area contributed by atoms with Crippen molar-refractivity contribution in [1.82, 2.24) is 5.32 Å². The van der Waals surface area contributed by atoms with Crippen LogP contribution in [0.5, 0.6) is 11.5 Å². The Morgan fingerprint density at radius 3 is 2.76 bits per heavy atom. The molecule has 1 saturated carbocycles. The number of benzene rings is 2. The van der Waals surface area contributed by atoms with E-state index >= 15 is 0 Å². The van der Waals surface area contributed by atoms with E-state index in [1.54, 1.807) is 7.11 Å². The van der Waals surface area contributed by atoms with Gasteiger partial charge in [-0.05, 0) is 36.6 Å². The van der Waals surface area contributed by atoms with E-state index in [1.165, 1.54) is 18.4 Å². The highest BCUT2D eigenvalue weighted by Gasteiger charge is 2.20. The summed E-state index contributed by atoms with van der Waals surface area (Å²) in [5, 5.41) is 3.53. The number of methoxy groups -OCH3 is 1. The van der Waals surface area contributed by atoms with Crippen LogP contribution in [0.2, 0.25) is 0 Å². The highest BCUT2D eigenvalue weighted by atomic mass is 16.5. The molecule has 2 aromatic rings. The predicted molar refractivity (Wildman–Crippen MR) is 83.5 cm³/mol. The van der Waals surface area contributed by atoms with E-state index in [1.807, 2.05) is 36.4 Å². The Balaban J connectivity index is 1.72. The van der Waals surface area contributed by atoms with Gasteiger partial charge in [0, 0.05) is 25.3 Å². The van der Waals surface area contributed by atoms with Crippen molar-refractivity contribution in [2.45, 2.75) is 32.0 Å². The van der Waals surface area contributed by atoms with Gasteiger partial charge in [-0.15, -0.1) is 0 Å². The largest absolute Gasteiger partial charge is 0.457 e. The monoisotopic (exact) mass is 283 g/mol. The SMILES string of the molecule is COCc1cccc(Oc2ccccc2CNC2CC2)c1. The Bertz CT molecular complexity index is 593. The van der Waals surface area contributed by atoms with Crippen molar-refractivity contribution in [1.29, 1.82) is 0 Å². The van der Waals surface area contributed by atoms with E-state index in [0.717, 1.165) is 23.6 Å². The zero-order chi connectivity index (χ0) is 14.5. The standard InChI is InChI=1S/C18H21NO2/c1-20-13-14-5-4-7-17(11-14)21-18-8-3-2-6-15(18)12-19-16-9-10-16/h2-8,11,16,19H,9-10,12-13H2,1H3. The van der Waals surface area contributed by atoms with Crippen molar-refractivity contribution in [2.75, 3.05) is 7.11 Å². The van der Waals surface area contributed by atoms with Gasteiger partial charge in [0.25, 0.3) is 0 Å². The van der Waals surface area contributed by atoms with Crippen molar-refractivity contribution < 1.29 is 9.47 Å². The quantitative estimate of drug-likeness (QED) is 0.836. The van der Waals surface area contributed by atoms with E-state index in [0.29, 0.717) is 12.6 Å². The summed E-state index contributed by atoms with van der Waals surface area (Å²) in [5.74, 6) is 1.77. The van der Waals surface area contributed by atoms with Gasteiger partial charge in [-0.3, -0.25) is 0 Å². The fraction of sp³-hybridized carbons (Fsp3) is 0.333. The van der Waals surface area contributed by atoms with Crippen LogP contribution in [-0.2, 0) is 17.9 Å². The molecule has 0 saturated heterocycles. The third-order valence-electron chi connectivity index (χ3n) is 3.57. The molecule has 0 spiro atoms. The highest BCUT2D eigenvalue weighted by Crippen LogP contribution is 2.27. The molecule has 3 nitrogen and oxygen atoms in total. The van der Waals surface area contributed by atoms with Gasteiger partial charge in [0.15, 0.2) is 0 Å². The summed E-state index contributed by atoms with van der Waals surface area (Å²) < 4.78 is 11.2. The molecular formula is C18H21NO2. The zero-order valence-corrected chi connectivity index (χ0v) is 12.3. The molecule has 21 heavy (non-hydrogen) atoms. The smallest absolute Gasteiger partial charge is 0.131 e. The molecular weight excluding hydrogens is 262 g/mol. The molecule has 1 aliphatic carbocycles. The lowest BCUT2D eigenvalue weighted by Gasteiger charge is -2.12. The number of hydrogen-bond donors (Lipinski definition) is 1. The van der Waals surface area contributed by atoms with Crippen LogP contribution >= 0.6 is 0 Å². The Morgan fingerprint density at radius 1 is 1.10 bits per heavy atom. The minimum atomic E-state index is 0.599. The Kier molecular flexibility index (Phi) is 4.53. The summed E-state index contributed by atoms with van der Waals surface area (Å²) in [6, 6.07) is 16.9. The third kappa shape index (κ3) is 4.06. The molecule has 110 valence electrons. The third-order valence-corrected chi connectivity index (χ3v) is 3.57. The van der Waals surface area contributed by atoms with E-state index in [-0.39, 0.29) is 0 Å². The molecule has 0 aromatic heterocycles. The van der Waals surface area contributed by atoms with Crippen molar-refractivity contribution in [3.05, 3.63) is 59.7 Å². The fourth-order valence-corrected chi connectivity index (χ4v) is 2.28. The highest BCUT2D eigenvalue weighted by molar-refractivity contribution is 5.39. The lowest BCUT2D eigenvalue weighted by Crippen LogP contribution is -2.15. The molecule has 0 bridgehead atoms. The van der Waals surface area contributed by atoms with Crippen LogP contribution in [0.15, 0.2) is 48.5 Å². The van der Waals surface area contributed by atoms with E-state index in [2.05, 4.69) is 17.4 Å². The topological polar surface area (TPSA) is 30.5 Å². The summed E-state index contributed by atoms with van der Waals surface area (Å²) >= 11 is 0. The van der Waals surface area contributed by atoms with Gasteiger partial charge in [-0.25, -0.2) is 0 Å². The van der Waals surface area contributed by atoms with Gasteiger partial charge < -0.3 is 14.8 Å². The molecule has 0 aliphatic heterocycles. The maximum absolute atomic E-state index is 6.05. The fourth-order valence-electron chi connectivity index (χ4n) is 2.28. The summed E-state index contributed by atoms with van der Waals surface area (Å²) in [7, 11) is 1.70.